The summed E-state index contributed by atoms with van der Waals surface area (Å²) in [6.45, 7) is 3.52. The summed E-state index contributed by atoms with van der Waals surface area (Å²) in [7, 11) is 4.20. The molecule has 0 unspecified atom stereocenters. The number of halogens is 2. The fourth-order valence-corrected chi connectivity index (χ4v) is 2.59. The van der Waals surface area contributed by atoms with Crippen molar-refractivity contribution in [2.24, 2.45) is 0 Å². The molecule has 1 heterocycles. The van der Waals surface area contributed by atoms with Crippen LogP contribution >= 0.6 is 11.6 Å². The predicted octanol–water partition coefficient (Wildman–Crippen LogP) is -0.771. The molecule has 0 aliphatic rings. The third-order valence-electron chi connectivity index (χ3n) is 3.56. The highest BCUT2D eigenvalue weighted by molar-refractivity contribution is 6.34. The van der Waals surface area contributed by atoms with Crippen LogP contribution in [0.15, 0.2) is 42.5 Å². The molecule has 0 aliphatic heterocycles. The van der Waals surface area contributed by atoms with Crippen LogP contribution in [0.4, 0.5) is 5.82 Å². The molecular formula is C18H23Cl2N3O. The normalized spacial score (nSPS) is 10.4. The monoisotopic (exact) mass is 367 g/mol. The molecule has 0 aliphatic carbocycles. The zero-order chi connectivity index (χ0) is 16.8. The van der Waals surface area contributed by atoms with Gasteiger partial charge in [0.15, 0.2) is 0 Å². The average Bonchev–Trinajstić information content (AvgIpc) is 2.51. The van der Waals surface area contributed by atoms with Crippen molar-refractivity contribution in [1.29, 1.82) is 0 Å². The number of benzene rings is 1. The van der Waals surface area contributed by atoms with E-state index in [9.17, 15) is 4.79 Å². The average molecular weight is 368 g/mol. The summed E-state index contributed by atoms with van der Waals surface area (Å²) >= 11 is 6.19. The van der Waals surface area contributed by atoms with Crippen LogP contribution in [0.25, 0.3) is 0 Å². The zero-order valence-corrected chi connectivity index (χ0v) is 15.7. The summed E-state index contributed by atoms with van der Waals surface area (Å²) in [6, 6.07) is 12.8. The second kappa shape index (κ2) is 9.62. The highest BCUT2D eigenvalue weighted by atomic mass is 35.5. The van der Waals surface area contributed by atoms with Gasteiger partial charge in [-0.2, -0.15) is 0 Å². The Morgan fingerprint density at radius 1 is 1.17 bits per heavy atom. The van der Waals surface area contributed by atoms with E-state index in [0.29, 0.717) is 22.9 Å². The Morgan fingerprint density at radius 2 is 1.88 bits per heavy atom. The SMILES string of the molecule is Cc1cccc(N(CCC[NH+](C)C)C(=O)c2ccccc2Cl)n1.[Cl-]. The minimum atomic E-state index is -0.109. The maximum atomic E-state index is 12.9. The topological polar surface area (TPSA) is 37.6 Å². The first kappa shape index (κ1) is 20.4. The summed E-state index contributed by atoms with van der Waals surface area (Å²) < 4.78 is 0. The lowest BCUT2D eigenvalue weighted by atomic mass is 10.2. The molecule has 1 N–H and O–H groups in total. The number of aromatic nitrogens is 1. The maximum absolute atomic E-state index is 12.9. The van der Waals surface area contributed by atoms with E-state index >= 15 is 0 Å². The zero-order valence-electron chi connectivity index (χ0n) is 14.2. The van der Waals surface area contributed by atoms with Gasteiger partial charge in [-0.15, -0.1) is 0 Å². The largest absolute Gasteiger partial charge is 1.00 e. The molecule has 0 radical (unpaired) electrons. The number of aryl methyl sites for hydroxylation is 1. The second-order valence-electron chi connectivity index (χ2n) is 5.88. The van der Waals surface area contributed by atoms with Crippen molar-refractivity contribution in [2.45, 2.75) is 13.3 Å². The second-order valence-corrected chi connectivity index (χ2v) is 6.29. The molecular weight excluding hydrogens is 345 g/mol. The maximum Gasteiger partial charge on any atom is 0.260 e. The lowest BCUT2D eigenvalue weighted by Gasteiger charge is -2.23. The first-order chi connectivity index (χ1) is 11.0. The lowest BCUT2D eigenvalue weighted by Crippen LogP contribution is -3.05. The first-order valence-electron chi connectivity index (χ1n) is 7.78. The van der Waals surface area contributed by atoms with Crippen LogP contribution in [0, 0.1) is 6.92 Å². The fraction of sp³-hybridized carbons (Fsp3) is 0.333. The number of nitrogens with one attached hydrogen (secondary N) is 1. The molecule has 0 saturated heterocycles. The van der Waals surface area contributed by atoms with Crippen molar-refractivity contribution in [2.75, 3.05) is 32.1 Å². The molecule has 24 heavy (non-hydrogen) atoms. The number of hydrogen-bond donors (Lipinski definition) is 1. The quantitative estimate of drug-likeness (QED) is 0.727. The smallest absolute Gasteiger partial charge is 0.260 e. The number of carbonyl (C=O) groups is 1. The Labute approximate surface area is 154 Å². The summed E-state index contributed by atoms with van der Waals surface area (Å²) in [6.07, 6.45) is 0.897. The molecule has 4 nitrogen and oxygen atoms in total. The van der Waals surface area contributed by atoms with Gasteiger partial charge in [-0.05, 0) is 31.2 Å². The molecule has 0 atom stereocenters. The van der Waals surface area contributed by atoms with E-state index < -0.39 is 0 Å². The fourth-order valence-electron chi connectivity index (χ4n) is 2.37. The Hall–Kier alpha value is -1.62. The molecule has 1 amide bonds. The van der Waals surface area contributed by atoms with E-state index in [-0.39, 0.29) is 18.3 Å². The van der Waals surface area contributed by atoms with Gasteiger partial charge in [0.2, 0.25) is 0 Å². The molecule has 0 saturated carbocycles. The minimum absolute atomic E-state index is 0. The number of anilines is 1. The van der Waals surface area contributed by atoms with Crippen LogP contribution in [0.5, 0.6) is 0 Å². The molecule has 0 bridgehead atoms. The number of amides is 1. The summed E-state index contributed by atoms with van der Waals surface area (Å²) in [5, 5.41) is 0.466. The van der Waals surface area contributed by atoms with Gasteiger partial charge < -0.3 is 17.3 Å². The van der Waals surface area contributed by atoms with Crippen molar-refractivity contribution < 1.29 is 22.1 Å². The molecule has 130 valence electrons. The van der Waals surface area contributed by atoms with Gasteiger partial charge in [-0.3, -0.25) is 9.69 Å². The van der Waals surface area contributed by atoms with E-state index in [4.69, 9.17) is 11.6 Å². The number of rotatable bonds is 6. The van der Waals surface area contributed by atoms with Gasteiger partial charge in [-0.1, -0.05) is 29.8 Å². The summed E-state index contributed by atoms with van der Waals surface area (Å²) in [5.41, 5.74) is 1.40. The van der Waals surface area contributed by atoms with Crippen LogP contribution in [0.1, 0.15) is 22.5 Å². The van der Waals surface area contributed by atoms with Crippen LogP contribution in [0.3, 0.4) is 0 Å². The minimum Gasteiger partial charge on any atom is -1.00 e. The highest BCUT2D eigenvalue weighted by Gasteiger charge is 2.21. The van der Waals surface area contributed by atoms with Gasteiger partial charge in [0.25, 0.3) is 5.91 Å². The number of nitrogens with zero attached hydrogens (tertiary/aromatic N) is 2. The van der Waals surface area contributed by atoms with E-state index in [1.54, 1.807) is 17.0 Å². The van der Waals surface area contributed by atoms with Crippen molar-refractivity contribution in [1.82, 2.24) is 4.98 Å². The van der Waals surface area contributed by atoms with Crippen LogP contribution < -0.4 is 22.2 Å². The van der Waals surface area contributed by atoms with Crippen LogP contribution in [0.2, 0.25) is 5.02 Å². The third kappa shape index (κ3) is 5.48. The molecule has 0 fully saturated rings. The van der Waals surface area contributed by atoms with E-state index in [2.05, 4.69) is 19.1 Å². The summed E-state index contributed by atoms with van der Waals surface area (Å²) in [4.78, 5) is 20.5. The van der Waals surface area contributed by atoms with Gasteiger partial charge in [0, 0.05) is 18.7 Å². The van der Waals surface area contributed by atoms with E-state index in [1.807, 2.05) is 37.3 Å². The van der Waals surface area contributed by atoms with E-state index in [1.165, 1.54) is 4.90 Å². The Kier molecular flexibility index (Phi) is 8.19. The van der Waals surface area contributed by atoms with Crippen LogP contribution in [-0.4, -0.2) is 38.1 Å². The molecule has 0 spiro atoms. The molecule has 6 heteroatoms. The number of carbonyl (C=O) groups excluding carboxylic acids is 1. The molecule has 2 aromatic rings. The highest BCUT2D eigenvalue weighted by Crippen LogP contribution is 2.21. The molecule has 1 aromatic heterocycles. The Balaban J connectivity index is 0.00000288. The third-order valence-corrected chi connectivity index (χ3v) is 3.89. The number of quaternary nitrogens is 1. The van der Waals surface area contributed by atoms with Gasteiger partial charge in [0.1, 0.15) is 5.82 Å². The van der Waals surface area contributed by atoms with Gasteiger partial charge >= 0.3 is 0 Å². The first-order valence-corrected chi connectivity index (χ1v) is 8.16. The van der Waals surface area contributed by atoms with Gasteiger partial charge in [0.05, 0.1) is 31.2 Å². The lowest BCUT2D eigenvalue weighted by molar-refractivity contribution is -0.858. The predicted molar refractivity (Wildman–Crippen MR) is 94.4 cm³/mol. The van der Waals surface area contributed by atoms with Crippen molar-refractivity contribution in [3.8, 4) is 0 Å². The van der Waals surface area contributed by atoms with Crippen molar-refractivity contribution in [3.05, 3.63) is 58.7 Å². The van der Waals surface area contributed by atoms with E-state index in [0.717, 1.165) is 18.7 Å². The van der Waals surface area contributed by atoms with Crippen molar-refractivity contribution in [3.63, 3.8) is 0 Å². The molecule has 1 aromatic carbocycles. The number of pyridine rings is 1. The Bertz CT molecular complexity index is 677. The number of hydrogen-bond acceptors (Lipinski definition) is 2. The summed E-state index contributed by atoms with van der Waals surface area (Å²) in [5.74, 6) is 0.561. The van der Waals surface area contributed by atoms with Crippen LogP contribution in [-0.2, 0) is 0 Å². The Morgan fingerprint density at radius 3 is 2.50 bits per heavy atom. The standard InChI is InChI=1S/C18H22ClN3O.ClH/c1-14-8-6-11-17(20-14)22(13-7-12-21(2)3)18(23)15-9-4-5-10-16(15)19;/h4-6,8-11H,7,12-13H2,1-3H3;1H. The van der Waals surface area contributed by atoms with Crippen molar-refractivity contribution >= 4 is 23.3 Å². The van der Waals surface area contributed by atoms with Gasteiger partial charge in [-0.25, -0.2) is 4.98 Å². The molecule has 2 rings (SSSR count).